The monoisotopic (exact) mass is 552 g/mol. The Hall–Kier alpha value is -1.13. The number of hydrazone groups is 1. The van der Waals surface area contributed by atoms with E-state index in [0.29, 0.717) is 15.8 Å². The number of phenolic OH excluding ortho intramolecular Hbond substituents is 1. The number of rotatable bonds is 5. The van der Waals surface area contributed by atoms with E-state index in [9.17, 15) is 9.90 Å². The Bertz CT molecular complexity index is 736. The summed E-state index contributed by atoms with van der Waals surface area (Å²) in [7, 11) is 0. The molecule has 5 nitrogen and oxygen atoms in total. The lowest BCUT2D eigenvalue weighted by Gasteiger charge is -2.05. The number of benzene rings is 2. The normalized spacial score (nSPS) is 10.7. The number of halogens is 3. The number of aromatic hydroxyl groups is 1. The molecule has 0 heterocycles. The molecular formula is C15H11Br2IN2O3. The van der Waals surface area contributed by atoms with Crippen LogP contribution >= 0.6 is 54.5 Å². The van der Waals surface area contributed by atoms with Gasteiger partial charge in [-0.15, -0.1) is 0 Å². The van der Waals surface area contributed by atoms with Gasteiger partial charge in [-0.3, -0.25) is 4.79 Å². The Morgan fingerprint density at radius 3 is 2.70 bits per heavy atom. The summed E-state index contributed by atoms with van der Waals surface area (Å²) >= 11 is 8.73. The van der Waals surface area contributed by atoms with Crippen molar-refractivity contribution >= 4 is 66.6 Å². The Morgan fingerprint density at radius 2 is 2.00 bits per heavy atom. The van der Waals surface area contributed by atoms with Crippen LogP contribution in [0.4, 0.5) is 0 Å². The first-order valence-corrected chi connectivity index (χ1v) is 9.00. The van der Waals surface area contributed by atoms with E-state index in [1.165, 1.54) is 6.21 Å². The molecule has 2 rings (SSSR count). The Kier molecular flexibility index (Phi) is 6.85. The van der Waals surface area contributed by atoms with Crippen LogP contribution in [0, 0.1) is 3.57 Å². The molecule has 120 valence electrons. The molecule has 0 aliphatic carbocycles. The van der Waals surface area contributed by atoms with Crippen molar-refractivity contribution in [3.05, 3.63) is 54.5 Å². The van der Waals surface area contributed by atoms with Gasteiger partial charge >= 0.3 is 0 Å². The highest BCUT2D eigenvalue weighted by Crippen LogP contribution is 2.30. The first-order chi connectivity index (χ1) is 11.0. The van der Waals surface area contributed by atoms with Gasteiger partial charge in [0.2, 0.25) is 0 Å². The molecule has 0 saturated carbocycles. The van der Waals surface area contributed by atoms with Gasteiger partial charge in [0.1, 0.15) is 11.5 Å². The summed E-state index contributed by atoms with van der Waals surface area (Å²) < 4.78 is 7.73. The second kappa shape index (κ2) is 8.65. The molecule has 1 amide bonds. The van der Waals surface area contributed by atoms with Crippen LogP contribution in [0.5, 0.6) is 11.5 Å². The molecule has 0 aliphatic heterocycles. The van der Waals surface area contributed by atoms with Crippen LogP contribution in [0.2, 0.25) is 0 Å². The van der Waals surface area contributed by atoms with E-state index in [1.54, 1.807) is 24.3 Å². The summed E-state index contributed by atoms with van der Waals surface area (Å²) in [6.45, 7) is -0.147. The van der Waals surface area contributed by atoms with E-state index in [-0.39, 0.29) is 12.4 Å². The lowest BCUT2D eigenvalue weighted by molar-refractivity contribution is -0.123. The molecule has 0 atom stereocenters. The first-order valence-electron chi connectivity index (χ1n) is 6.34. The van der Waals surface area contributed by atoms with Gasteiger partial charge in [0.15, 0.2) is 6.61 Å². The molecule has 0 bridgehead atoms. The number of nitrogens with one attached hydrogen (secondary N) is 1. The first kappa shape index (κ1) is 18.2. The van der Waals surface area contributed by atoms with Crippen molar-refractivity contribution in [3.8, 4) is 11.5 Å². The third-order valence-corrected chi connectivity index (χ3v) is 4.42. The zero-order valence-corrected chi connectivity index (χ0v) is 16.9. The predicted molar refractivity (Wildman–Crippen MR) is 104 cm³/mol. The highest BCUT2D eigenvalue weighted by Gasteiger charge is 2.06. The molecule has 0 unspecified atom stereocenters. The topological polar surface area (TPSA) is 70.9 Å². The largest absolute Gasteiger partial charge is 0.506 e. The number of hydrogen-bond donors (Lipinski definition) is 2. The number of ether oxygens (including phenoxy) is 1. The molecule has 0 saturated heterocycles. The van der Waals surface area contributed by atoms with Crippen molar-refractivity contribution in [2.24, 2.45) is 5.10 Å². The summed E-state index contributed by atoms with van der Waals surface area (Å²) in [6, 6.07) is 10.7. The van der Waals surface area contributed by atoms with Crippen molar-refractivity contribution in [1.29, 1.82) is 0 Å². The fourth-order valence-electron chi connectivity index (χ4n) is 1.57. The zero-order valence-electron chi connectivity index (χ0n) is 11.6. The third-order valence-electron chi connectivity index (χ3n) is 2.63. The Balaban J connectivity index is 1.88. The lowest BCUT2D eigenvalue weighted by Crippen LogP contribution is -2.24. The number of hydrogen-bond acceptors (Lipinski definition) is 4. The minimum atomic E-state index is -0.395. The summed E-state index contributed by atoms with van der Waals surface area (Å²) in [5, 5.41) is 13.7. The van der Waals surface area contributed by atoms with Gasteiger partial charge in [0.05, 0.1) is 10.7 Å². The van der Waals surface area contributed by atoms with Crippen LogP contribution in [0.25, 0.3) is 0 Å². The van der Waals surface area contributed by atoms with Gasteiger partial charge in [-0.05, 0) is 74.9 Å². The third kappa shape index (κ3) is 5.78. The Labute approximate surface area is 163 Å². The van der Waals surface area contributed by atoms with Crippen LogP contribution in [-0.4, -0.2) is 23.8 Å². The molecule has 2 aromatic carbocycles. The molecule has 0 aliphatic rings. The molecule has 8 heteroatoms. The van der Waals surface area contributed by atoms with Gasteiger partial charge in [-0.2, -0.15) is 5.10 Å². The standard InChI is InChI=1S/C15H11Br2IN2O3/c16-10-5-9(15(22)13(17)6-10)7-19-20-14(21)8-23-12-3-1-11(18)2-4-12/h1-7,22H,8H2,(H,20,21)/b19-7-. The van der Waals surface area contributed by atoms with Gasteiger partial charge in [0.25, 0.3) is 5.91 Å². The van der Waals surface area contributed by atoms with E-state index in [0.717, 1.165) is 8.04 Å². The van der Waals surface area contributed by atoms with Crippen molar-refractivity contribution < 1.29 is 14.6 Å². The maximum atomic E-state index is 11.7. The fourth-order valence-corrected chi connectivity index (χ4v) is 3.19. The number of phenols is 1. The van der Waals surface area contributed by atoms with Crippen molar-refractivity contribution in [2.75, 3.05) is 6.61 Å². The smallest absolute Gasteiger partial charge is 0.277 e. The fraction of sp³-hybridized carbons (Fsp3) is 0.0667. The molecule has 0 spiro atoms. The minimum Gasteiger partial charge on any atom is -0.506 e. The van der Waals surface area contributed by atoms with Crippen molar-refractivity contribution in [1.82, 2.24) is 5.43 Å². The lowest BCUT2D eigenvalue weighted by atomic mass is 10.2. The second-order valence-corrected chi connectivity index (χ2v) is 7.38. The van der Waals surface area contributed by atoms with E-state index in [4.69, 9.17) is 4.74 Å². The second-order valence-electron chi connectivity index (χ2n) is 4.36. The van der Waals surface area contributed by atoms with Crippen LogP contribution in [0.15, 0.2) is 50.4 Å². The van der Waals surface area contributed by atoms with E-state index in [1.807, 2.05) is 12.1 Å². The van der Waals surface area contributed by atoms with Gasteiger partial charge in [-0.1, -0.05) is 15.9 Å². The molecule has 23 heavy (non-hydrogen) atoms. The molecule has 0 aromatic heterocycles. The SMILES string of the molecule is O=C(COc1ccc(I)cc1)N/N=C\c1cc(Br)cc(Br)c1O. The van der Waals surface area contributed by atoms with Crippen molar-refractivity contribution in [3.63, 3.8) is 0 Å². The summed E-state index contributed by atoms with van der Waals surface area (Å²) in [5.74, 6) is 0.257. The minimum absolute atomic E-state index is 0.0429. The maximum Gasteiger partial charge on any atom is 0.277 e. The highest BCUT2D eigenvalue weighted by atomic mass is 127. The van der Waals surface area contributed by atoms with Crippen LogP contribution in [0.1, 0.15) is 5.56 Å². The van der Waals surface area contributed by atoms with Gasteiger partial charge in [-0.25, -0.2) is 5.43 Å². The molecular weight excluding hydrogens is 543 g/mol. The average molecular weight is 554 g/mol. The van der Waals surface area contributed by atoms with Crippen molar-refractivity contribution in [2.45, 2.75) is 0 Å². The number of carbonyl (C=O) groups is 1. The van der Waals surface area contributed by atoms with E-state index in [2.05, 4.69) is 65.0 Å². The highest BCUT2D eigenvalue weighted by molar-refractivity contribution is 14.1. The maximum absolute atomic E-state index is 11.7. The predicted octanol–water partition coefficient (Wildman–Crippen LogP) is 4.05. The number of amides is 1. The van der Waals surface area contributed by atoms with Crippen LogP contribution in [0.3, 0.4) is 0 Å². The van der Waals surface area contributed by atoms with E-state index >= 15 is 0 Å². The number of carbonyl (C=O) groups excluding carboxylic acids is 1. The van der Waals surface area contributed by atoms with E-state index < -0.39 is 5.91 Å². The molecule has 0 radical (unpaired) electrons. The molecule has 2 aromatic rings. The van der Waals surface area contributed by atoms with Gasteiger partial charge in [0, 0.05) is 13.6 Å². The van der Waals surface area contributed by atoms with Gasteiger partial charge < -0.3 is 9.84 Å². The summed E-state index contributed by atoms with van der Waals surface area (Å²) in [4.78, 5) is 11.7. The summed E-state index contributed by atoms with van der Waals surface area (Å²) in [5.41, 5.74) is 2.80. The average Bonchev–Trinajstić information content (AvgIpc) is 2.51. The quantitative estimate of drug-likeness (QED) is 0.333. The molecule has 0 fully saturated rings. The van der Waals surface area contributed by atoms with Crippen LogP contribution in [-0.2, 0) is 4.79 Å². The Morgan fingerprint density at radius 1 is 1.30 bits per heavy atom. The summed E-state index contributed by atoms with van der Waals surface area (Å²) in [6.07, 6.45) is 1.35. The van der Waals surface area contributed by atoms with Crippen LogP contribution < -0.4 is 10.2 Å². The zero-order chi connectivity index (χ0) is 16.8. The molecule has 2 N–H and O–H groups in total. The number of nitrogens with zero attached hydrogens (tertiary/aromatic N) is 1.